The van der Waals surface area contributed by atoms with Gasteiger partial charge in [-0.15, -0.1) is 0 Å². The van der Waals surface area contributed by atoms with Gasteiger partial charge in [0.2, 0.25) is 0 Å². The van der Waals surface area contributed by atoms with E-state index in [9.17, 15) is 0 Å². The summed E-state index contributed by atoms with van der Waals surface area (Å²) in [5.74, 6) is 0. The summed E-state index contributed by atoms with van der Waals surface area (Å²) in [7, 11) is 2.04. The number of anilines is 1. The minimum Gasteiger partial charge on any atom is -0.370 e. The zero-order chi connectivity index (χ0) is 12.4. The molecule has 0 amide bonds. The molecule has 1 aromatic carbocycles. The summed E-state index contributed by atoms with van der Waals surface area (Å²) in [4.78, 5) is 2.41. The van der Waals surface area contributed by atoms with Crippen LogP contribution in [-0.4, -0.2) is 26.2 Å². The number of nitrogens with one attached hydrogen (secondary N) is 1. The average Bonchev–Trinajstić information content (AvgIpc) is 2.34. The van der Waals surface area contributed by atoms with Crippen molar-refractivity contribution in [3.63, 3.8) is 0 Å². The molecule has 1 aromatic rings. The molecule has 4 heteroatoms. The van der Waals surface area contributed by atoms with Crippen molar-refractivity contribution in [2.45, 2.75) is 25.8 Å². The summed E-state index contributed by atoms with van der Waals surface area (Å²) in [6.07, 6.45) is 2.38. The summed E-state index contributed by atoms with van der Waals surface area (Å²) in [6.45, 7) is 4.21. The van der Waals surface area contributed by atoms with Gasteiger partial charge in [0.15, 0.2) is 0 Å². The molecule has 17 heavy (non-hydrogen) atoms. The topological polar surface area (TPSA) is 15.3 Å². The van der Waals surface area contributed by atoms with Crippen LogP contribution in [0, 0.1) is 6.92 Å². The number of nitrogens with zero attached hydrogens (tertiary/aromatic N) is 1. The number of halogens is 2. The van der Waals surface area contributed by atoms with Crippen LogP contribution in [0.4, 0.5) is 5.69 Å². The maximum atomic E-state index is 6.20. The Bertz CT molecular complexity index is 401. The summed E-state index contributed by atoms with van der Waals surface area (Å²) in [5, 5.41) is 4.19. The molecule has 2 rings (SSSR count). The van der Waals surface area contributed by atoms with Crippen molar-refractivity contribution in [1.82, 2.24) is 5.32 Å². The van der Waals surface area contributed by atoms with E-state index < -0.39 is 0 Å². The van der Waals surface area contributed by atoms with Gasteiger partial charge in [-0.2, -0.15) is 0 Å². The molecule has 94 valence electrons. The second-order valence-corrected chi connectivity index (χ2v) is 5.86. The van der Waals surface area contributed by atoms with E-state index >= 15 is 0 Å². The lowest BCUT2D eigenvalue weighted by molar-refractivity contribution is 0.442. The van der Waals surface area contributed by atoms with E-state index in [2.05, 4.69) is 38.3 Å². The smallest absolute Gasteiger partial charge is 0.0525 e. The molecule has 1 aliphatic heterocycles. The van der Waals surface area contributed by atoms with Crippen LogP contribution in [0.5, 0.6) is 0 Å². The molecule has 0 aromatic heterocycles. The second-order valence-electron chi connectivity index (χ2n) is 4.60. The third kappa shape index (κ3) is 2.95. The number of piperidine rings is 1. The first-order valence-corrected chi connectivity index (χ1v) is 7.16. The molecular formula is C13H18BrClN2. The Kier molecular flexibility index (Phi) is 4.34. The fourth-order valence-corrected chi connectivity index (χ4v) is 3.15. The van der Waals surface area contributed by atoms with Crippen molar-refractivity contribution in [1.29, 1.82) is 0 Å². The van der Waals surface area contributed by atoms with Crippen molar-refractivity contribution in [2.75, 3.05) is 25.0 Å². The Morgan fingerprint density at radius 2 is 2.00 bits per heavy atom. The van der Waals surface area contributed by atoms with Crippen molar-refractivity contribution in [2.24, 2.45) is 0 Å². The fraction of sp³-hybridized carbons (Fsp3) is 0.538. The SMILES string of the molecule is CNC1CCN(c2cc(Cl)c(C)cc2Br)CC1. The Balaban J connectivity index is 2.16. The van der Waals surface area contributed by atoms with E-state index in [1.165, 1.54) is 18.5 Å². The van der Waals surface area contributed by atoms with Gasteiger partial charge in [0.1, 0.15) is 0 Å². The predicted octanol–water partition coefficient (Wildman–Crippen LogP) is 3.60. The lowest BCUT2D eigenvalue weighted by Gasteiger charge is -2.34. The number of benzene rings is 1. The standard InChI is InChI=1S/C13H18BrClN2/c1-9-7-11(14)13(8-12(9)15)17-5-3-10(16-2)4-6-17/h7-8,10,16H,3-6H2,1-2H3. The van der Waals surface area contributed by atoms with E-state index in [-0.39, 0.29) is 0 Å². The van der Waals surface area contributed by atoms with Gasteiger partial charge in [0.25, 0.3) is 0 Å². The molecule has 0 saturated carbocycles. The average molecular weight is 318 g/mol. The molecule has 0 bridgehead atoms. The van der Waals surface area contributed by atoms with Gasteiger partial charge in [-0.25, -0.2) is 0 Å². The Morgan fingerprint density at radius 3 is 2.59 bits per heavy atom. The van der Waals surface area contributed by atoms with Gasteiger partial charge in [0.05, 0.1) is 5.69 Å². The molecule has 0 unspecified atom stereocenters. The van der Waals surface area contributed by atoms with E-state index in [0.717, 1.165) is 28.1 Å². The monoisotopic (exact) mass is 316 g/mol. The number of hydrogen-bond acceptors (Lipinski definition) is 2. The maximum absolute atomic E-state index is 6.20. The first-order chi connectivity index (χ1) is 8.11. The van der Waals surface area contributed by atoms with Gasteiger partial charge < -0.3 is 10.2 Å². The molecule has 1 fully saturated rings. The van der Waals surface area contributed by atoms with Crippen LogP contribution in [0.25, 0.3) is 0 Å². The molecule has 1 heterocycles. The fourth-order valence-electron chi connectivity index (χ4n) is 2.29. The maximum Gasteiger partial charge on any atom is 0.0525 e. The van der Waals surface area contributed by atoms with Crippen molar-refractivity contribution >= 4 is 33.2 Å². The Hall–Kier alpha value is -0.250. The van der Waals surface area contributed by atoms with Crippen LogP contribution in [0.3, 0.4) is 0 Å². The first kappa shape index (κ1) is 13.2. The van der Waals surface area contributed by atoms with Crippen molar-refractivity contribution in [3.8, 4) is 0 Å². The number of hydrogen-bond donors (Lipinski definition) is 1. The van der Waals surface area contributed by atoms with E-state index in [1.807, 2.05) is 14.0 Å². The van der Waals surface area contributed by atoms with Crippen LogP contribution in [0.2, 0.25) is 5.02 Å². The van der Waals surface area contributed by atoms with Crippen molar-refractivity contribution in [3.05, 3.63) is 27.2 Å². The zero-order valence-corrected chi connectivity index (χ0v) is 12.6. The van der Waals surface area contributed by atoms with Crippen molar-refractivity contribution < 1.29 is 0 Å². The van der Waals surface area contributed by atoms with E-state index in [0.29, 0.717) is 6.04 Å². The summed E-state index contributed by atoms with van der Waals surface area (Å²) < 4.78 is 1.14. The first-order valence-electron chi connectivity index (χ1n) is 5.99. The van der Waals surface area contributed by atoms with Gasteiger partial charge in [-0.3, -0.25) is 0 Å². The van der Waals surface area contributed by atoms with Crippen LogP contribution in [-0.2, 0) is 0 Å². The highest BCUT2D eigenvalue weighted by Gasteiger charge is 2.20. The molecule has 1 saturated heterocycles. The number of rotatable bonds is 2. The molecule has 0 atom stereocenters. The minimum absolute atomic E-state index is 0.658. The van der Waals surface area contributed by atoms with Gasteiger partial charge >= 0.3 is 0 Å². The molecule has 1 aliphatic rings. The van der Waals surface area contributed by atoms with Crippen LogP contribution in [0.1, 0.15) is 18.4 Å². The zero-order valence-electron chi connectivity index (χ0n) is 10.3. The van der Waals surface area contributed by atoms with Gasteiger partial charge in [0, 0.05) is 28.6 Å². The molecule has 0 aliphatic carbocycles. The van der Waals surface area contributed by atoms with Gasteiger partial charge in [-0.1, -0.05) is 11.6 Å². The quantitative estimate of drug-likeness (QED) is 0.896. The Morgan fingerprint density at radius 1 is 1.35 bits per heavy atom. The highest BCUT2D eigenvalue weighted by Crippen LogP contribution is 2.33. The molecular weight excluding hydrogens is 300 g/mol. The third-order valence-corrected chi connectivity index (χ3v) is 4.51. The molecule has 2 nitrogen and oxygen atoms in total. The molecule has 0 spiro atoms. The van der Waals surface area contributed by atoms with Crippen LogP contribution >= 0.6 is 27.5 Å². The Labute approximate surface area is 116 Å². The molecule has 1 N–H and O–H groups in total. The highest BCUT2D eigenvalue weighted by atomic mass is 79.9. The second kappa shape index (κ2) is 5.59. The summed E-state index contributed by atoms with van der Waals surface area (Å²) >= 11 is 9.83. The van der Waals surface area contributed by atoms with E-state index in [4.69, 9.17) is 11.6 Å². The minimum atomic E-state index is 0.658. The predicted molar refractivity (Wildman–Crippen MR) is 78.2 cm³/mol. The highest BCUT2D eigenvalue weighted by molar-refractivity contribution is 9.10. The van der Waals surface area contributed by atoms with Crippen LogP contribution in [0.15, 0.2) is 16.6 Å². The lowest BCUT2D eigenvalue weighted by atomic mass is 10.0. The molecule has 0 radical (unpaired) electrons. The van der Waals surface area contributed by atoms with Crippen LogP contribution < -0.4 is 10.2 Å². The summed E-state index contributed by atoms with van der Waals surface area (Å²) in [5.41, 5.74) is 2.34. The third-order valence-electron chi connectivity index (χ3n) is 3.47. The van der Waals surface area contributed by atoms with E-state index in [1.54, 1.807) is 0 Å². The summed E-state index contributed by atoms with van der Waals surface area (Å²) in [6, 6.07) is 4.83. The normalized spacial score (nSPS) is 17.5. The lowest BCUT2D eigenvalue weighted by Crippen LogP contribution is -2.41. The number of aryl methyl sites for hydroxylation is 1. The largest absolute Gasteiger partial charge is 0.370 e. The van der Waals surface area contributed by atoms with Gasteiger partial charge in [-0.05, 0) is 60.4 Å².